The number of benzene rings is 3. The van der Waals surface area contributed by atoms with Gasteiger partial charge in [-0.2, -0.15) is 5.10 Å². The molecule has 168 valence electrons. The summed E-state index contributed by atoms with van der Waals surface area (Å²) in [7, 11) is 0. The van der Waals surface area contributed by atoms with E-state index in [1.54, 1.807) is 54.6 Å². The maximum Gasteiger partial charge on any atom is 0.343 e. The molecule has 7 nitrogen and oxygen atoms in total. The quantitative estimate of drug-likeness (QED) is 0.204. The van der Waals surface area contributed by atoms with Crippen molar-refractivity contribution in [3.05, 3.63) is 98.5 Å². The van der Waals surface area contributed by atoms with Gasteiger partial charge in [0, 0.05) is 10.0 Å². The summed E-state index contributed by atoms with van der Waals surface area (Å²) in [5, 5.41) is 6.66. The first-order valence-corrected chi connectivity index (χ1v) is 10.9. The zero-order valence-corrected chi connectivity index (χ0v) is 19.8. The van der Waals surface area contributed by atoms with Gasteiger partial charge in [0.1, 0.15) is 5.75 Å². The zero-order valence-electron chi connectivity index (χ0n) is 17.5. The Balaban J connectivity index is 1.61. The second-order valence-corrected chi connectivity index (χ2v) is 8.17. The van der Waals surface area contributed by atoms with Gasteiger partial charge in [0.05, 0.1) is 28.9 Å². The highest BCUT2D eigenvalue weighted by atomic mass is 79.9. The summed E-state index contributed by atoms with van der Waals surface area (Å²) in [5.41, 5.74) is 4.30. The highest BCUT2D eigenvalue weighted by Gasteiger charge is 2.14. The summed E-state index contributed by atoms with van der Waals surface area (Å²) < 4.78 is 6.27. The summed E-state index contributed by atoms with van der Waals surface area (Å²) in [6, 6.07) is 18.6. The molecule has 0 aliphatic rings. The van der Waals surface area contributed by atoms with Crippen LogP contribution in [-0.2, 0) is 4.79 Å². The van der Waals surface area contributed by atoms with Crippen molar-refractivity contribution in [2.24, 2.45) is 5.10 Å². The van der Waals surface area contributed by atoms with Crippen LogP contribution in [0, 0.1) is 6.92 Å². The van der Waals surface area contributed by atoms with Crippen LogP contribution in [0.5, 0.6) is 5.75 Å². The molecule has 3 aromatic rings. The fourth-order valence-electron chi connectivity index (χ4n) is 2.78. The largest absolute Gasteiger partial charge is 0.422 e. The summed E-state index contributed by atoms with van der Waals surface area (Å²) in [6.07, 6.45) is 1.35. The predicted molar refractivity (Wildman–Crippen MR) is 130 cm³/mol. The van der Waals surface area contributed by atoms with E-state index in [9.17, 15) is 14.4 Å². The summed E-state index contributed by atoms with van der Waals surface area (Å²) in [6.45, 7) is 1.52. The van der Waals surface area contributed by atoms with Gasteiger partial charge in [-0.25, -0.2) is 10.2 Å². The SMILES string of the molecule is Cc1ccccc1C(=O)Oc1ccc(Br)cc1/C=N\NC(=O)CNC(=O)c1ccccc1Cl. The molecule has 3 rings (SSSR count). The van der Waals surface area contributed by atoms with Gasteiger partial charge < -0.3 is 10.1 Å². The number of rotatable bonds is 7. The van der Waals surface area contributed by atoms with Crippen LogP contribution in [0.25, 0.3) is 0 Å². The fraction of sp³-hybridized carbons (Fsp3) is 0.0833. The molecule has 0 unspecified atom stereocenters. The minimum atomic E-state index is -0.542. The number of nitrogens with one attached hydrogen (secondary N) is 2. The number of nitrogens with zero attached hydrogens (tertiary/aromatic N) is 1. The first kappa shape index (κ1) is 24.2. The number of halogens is 2. The van der Waals surface area contributed by atoms with Gasteiger partial charge in [0.15, 0.2) is 0 Å². The number of carbonyl (C=O) groups excluding carboxylic acids is 3. The molecular formula is C24H19BrClN3O4. The van der Waals surface area contributed by atoms with Gasteiger partial charge in [-0.05, 0) is 48.9 Å². The molecular weight excluding hydrogens is 510 g/mol. The number of amides is 2. The van der Waals surface area contributed by atoms with Gasteiger partial charge in [-0.3, -0.25) is 9.59 Å². The summed E-state index contributed by atoms with van der Waals surface area (Å²) >= 11 is 9.33. The molecule has 2 N–H and O–H groups in total. The molecule has 9 heteroatoms. The molecule has 0 aliphatic heterocycles. The van der Waals surface area contributed by atoms with E-state index >= 15 is 0 Å². The molecule has 0 saturated carbocycles. The third kappa shape index (κ3) is 6.74. The van der Waals surface area contributed by atoms with E-state index in [0.29, 0.717) is 11.1 Å². The lowest BCUT2D eigenvalue weighted by molar-refractivity contribution is -0.120. The van der Waals surface area contributed by atoms with Gasteiger partial charge in [0.25, 0.3) is 11.8 Å². The first-order chi connectivity index (χ1) is 15.8. The van der Waals surface area contributed by atoms with Gasteiger partial charge in [0.2, 0.25) is 0 Å². The van der Waals surface area contributed by atoms with Crippen LogP contribution < -0.4 is 15.5 Å². The Hall–Kier alpha value is -3.49. The Kier molecular flexibility index (Phi) is 8.34. The lowest BCUT2D eigenvalue weighted by Gasteiger charge is -2.09. The molecule has 2 amide bonds. The molecule has 33 heavy (non-hydrogen) atoms. The van der Waals surface area contributed by atoms with Crippen molar-refractivity contribution in [2.75, 3.05) is 6.54 Å². The second kappa shape index (κ2) is 11.4. The maximum atomic E-state index is 12.5. The Morgan fingerprint density at radius 3 is 2.45 bits per heavy atom. The van der Waals surface area contributed by atoms with E-state index in [2.05, 4.69) is 31.8 Å². The number of hydrogen-bond donors (Lipinski definition) is 2. The Morgan fingerprint density at radius 2 is 1.73 bits per heavy atom. The molecule has 0 spiro atoms. The van der Waals surface area contributed by atoms with Crippen LogP contribution in [0.4, 0.5) is 0 Å². The van der Waals surface area contributed by atoms with Crippen molar-refractivity contribution in [1.29, 1.82) is 0 Å². The van der Waals surface area contributed by atoms with Crippen LogP contribution in [-0.4, -0.2) is 30.5 Å². The normalized spacial score (nSPS) is 10.6. The predicted octanol–water partition coefficient (Wildman–Crippen LogP) is 4.51. The van der Waals surface area contributed by atoms with Crippen LogP contribution in [0.2, 0.25) is 5.02 Å². The van der Waals surface area contributed by atoms with Crippen LogP contribution in [0.1, 0.15) is 31.8 Å². The van der Waals surface area contributed by atoms with Crippen molar-refractivity contribution >= 4 is 51.5 Å². The minimum Gasteiger partial charge on any atom is -0.422 e. The van der Waals surface area contributed by atoms with Crippen molar-refractivity contribution in [3.63, 3.8) is 0 Å². The molecule has 0 radical (unpaired) electrons. The summed E-state index contributed by atoms with van der Waals surface area (Å²) in [4.78, 5) is 36.7. The first-order valence-electron chi connectivity index (χ1n) is 9.77. The third-order valence-corrected chi connectivity index (χ3v) is 5.28. The van der Waals surface area contributed by atoms with Crippen LogP contribution >= 0.6 is 27.5 Å². The topological polar surface area (TPSA) is 96.9 Å². The molecule has 0 aromatic heterocycles. The monoisotopic (exact) mass is 527 g/mol. The Labute approximate surface area is 203 Å². The number of ether oxygens (including phenoxy) is 1. The van der Waals surface area contributed by atoms with Crippen molar-refractivity contribution in [1.82, 2.24) is 10.7 Å². The standard InChI is InChI=1S/C24H19BrClN3O4/c1-15-6-2-3-7-18(15)24(32)33-21-11-10-17(25)12-16(21)13-28-29-22(30)14-27-23(31)19-8-4-5-9-20(19)26/h2-13H,14H2,1H3,(H,27,31)(H,29,30)/b28-13-. The number of hydrazone groups is 1. The zero-order chi connectivity index (χ0) is 23.8. The average Bonchev–Trinajstić information content (AvgIpc) is 2.79. The second-order valence-electron chi connectivity index (χ2n) is 6.84. The van der Waals surface area contributed by atoms with E-state index in [1.807, 2.05) is 19.1 Å². The number of aryl methyl sites for hydroxylation is 1. The molecule has 0 saturated heterocycles. The third-order valence-electron chi connectivity index (χ3n) is 4.46. The van der Waals surface area contributed by atoms with E-state index in [0.717, 1.165) is 10.0 Å². The lowest BCUT2D eigenvalue weighted by Crippen LogP contribution is -2.35. The van der Waals surface area contributed by atoms with Gasteiger partial charge >= 0.3 is 5.97 Å². The highest BCUT2D eigenvalue weighted by Crippen LogP contribution is 2.23. The fourth-order valence-corrected chi connectivity index (χ4v) is 3.38. The molecule has 0 heterocycles. The Morgan fingerprint density at radius 1 is 1.03 bits per heavy atom. The van der Waals surface area contributed by atoms with Gasteiger partial charge in [-0.15, -0.1) is 0 Å². The van der Waals surface area contributed by atoms with Crippen molar-refractivity contribution in [2.45, 2.75) is 6.92 Å². The van der Waals surface area contributed by atoms with Gasteiger partial charge in [-0.1, -0.05) is 57.9 Å². The molecule has 0 bridgehead atoms. The number of carbonyl (C=O) groups is 3. The smallest absolute Gasteiger partial charge is 0.343 e. The van der Waals surface area contributed by atoms with E-state index in [-0.39, 0.29) is 22.9 Å². The Bertz CT molecular complexity index is 1230. The molecule has 0 fully saturated rings. The number of esters is 1. The summed E-state index contributed by atoms with van der Waals surface area (Å²) in [5.74, 6) is -1.25. The molecule has 3 aromatic carbocycles. The van der Waals surface area contributed by atoms with E-state index in [1.165, 1.54) is 6.21 Å². The number of hydrogen-bond acceptors (Lipinski definition) is 5. The highest BCUT2D eigenvalue weighted by molar-refractivity contribution is 9.10. The molecule has 0 aliphatic carbocycles. The van der Waals surface area contributed by atoms with Crippen molar-refractivity contribution in [3.8, 4) is 5.75 Å². The van der Waals surface area contributed by atoms with Crippen LogP contribution in [0.15, 0.2) is 76.3 Å². The minimum absolute atomic E-state index is 0.268. The lowest BCUT2D eigenvalue weighted by atomic mass is 10.1. The average molecular weight is 529 g/mol. The molecule has 0 atom stereocenters. The van der Waals surface area contributed by atoms with E-state index in [4.69, 9.17) is 16.3 Å². The van der Waals surface area contributed by atoms with E-state index < -0.39 is 17.8 Å². The van der Waals surface area contributed by atoms with Crippen molar-refractivity contribution < 1.29 is 19.1 Å². The maximum absolute atomic E-state index is 12.5. The van der Waals surface area contributed by atoms with Crippen LogP contribution in [0.3, 0.4) is 0 Å².